The summed E-state index contributed by atoms with van der Waals surface area (Å²) in [6, 6.07) is 0. The number of aliphatic hydroxyl groups is 1. The molecule has 0 aromatic carbocycles. The summed E-state index contributed by atoms with van der Waals surface area (Å²) < 4.78 is 5.33. The van der Waals surface area contributed by atoms with Crippen LogP contribution in [-0.4, -0.2) is 22.9 Å². The minimum Gasteiger partial charge on any atom is -0.390 e. The Morgan fingerprint density at radius 2 is 2.33 bits per heavy atom. The molecule has 0 spiro atoms. The quantitative estimate of drug-likeness (QED) is 0.487. The van der Waals surface area contributed by atoms with Gasteiger partial charge in [-0.2, -0.15) is 0 Å². The van der Waals surface area contributed by atoms with Crippen molar-refractivity contribution in [2.24, 2.45) is 0 Å². The average molecular weight is 128 g/mol. The first kappa shape index (κ1) is 5.69. The van der Waals surface area contributed by atoms with Crippen molar-refractivity contribution in [3.05, 3.63) is 0 Å². The highest BCUT2D eigenvalue weighted by atomic mass is 16.6. The lowest BCUT2D eigenvalue weighted by Gasteiger charge is -2.18. The molecule has 52 valence electrons. The molecule has 1 saturated heterocycles. The molecular weight excluding hydrogens is 116 g/mol. The molecule has 1 heterocycles. The first-order valence-electron chi connectivity index (χ1n) is 3.59. The number of hydrogen-bond acceptors (Lipinski definition) is 2. The number of hydrogen-bond donors (Lipinski definition) is 1. The number of fused-ring (bicyclic) bond motifs is 1. The molecule has 2 heteroatoms. The summed E-state index contributed by atoms with van der Waals surface area (Å²) in [6.45, 7) is 2.00. The van der Waals surface area contributed by atoms with Crippen LogP contribution in [-0.2, 0) is 4.74 Å². The Balaban J connectivity index is 2.10. The van der Waals surface area contributed by atoms with E-state index in [0.717, 1.165) is 19.3 Å². The molecule has 0 amide bonds. The zero-order valence-electron chi connectivity index (χ0n) is 5.63. The van der Waals surface area contributed by atoms with Crippen LogP contribution in [0.25, 0.3) is 0 Å². The molecule has 0 aromatic heterocycles. The van der Waals surface area contributed by atoms with Crippen LogP contribution in [0, 0.1) is 0 Å². The lowest BCUT2D eigenvalue weighted by molar-refractivity contribution is 0.0744. The zero-order chi connectivity index (χ0) is 6.48. The maximum atomic E-state index is 9.35. The topological polar surface area (TPSA) is 32.8 Å². The van der Waals surface area contributed by atoms with Gasteiger partial charge in [-0.3, -0.25) is 0 Å². The summed E-state index contributed by atoms with van der Waals surface area (Å²) in [7, 11) is 0. The third-order valence-corrected chi connectivity index (χ3v) is 2.58. The number of epoxide rings is 1. The molecule has 1 N–H and O–H groups in total. The van der Waals surface area contributed by atoms with Crippen molar-refractivity contribution in [2.45, 2.75) is 44.0 Å². The van der Waals surface area contributed by atoms with Gasteiger partial charge in [0.05, 0.1) is 12.2 Å². The van der Waals surface area contributed by atoms with Crippen molar-refractivity contribution in [1.29, 1.82) is 0 Å². The molecule has 1 aliphatic heterocycles. The van der Waals surface area contributed by atoms with E-state index in [0.29, 0.717) is 6.10 Å². The molecule has 1 saturated carbocycles. The molecule has 0 radical (unpaired) electrons. The predicted molar refractivity (Wildman–Crippen MR) is 33.1 cm³/mol. The Labute approximate surface area is 54.8 Å². The highest BCUT2D eigenvalue weighted by Crippen LogP contribution is 2.47. The fraction of sp³-hybridized carbons (Fsp3) is 1.00. The molecule has 2 fully saturated rings. The zero-order valence-corrected chi connectivity index (χ0v) is 5.63. The van der Waals surface area contributed by atoms with Gasteiger partial charge in [-0.15, -0.1) is 0 Å². The smallest absolute Gasteiger partial charge is 0.118 e. The van der Waals surface area contributed by atoms with Crippen molar-refractivity contribution in [1.82, 2.24) is 0 Å². The van der Waals surface area contributed by atoms with Gasteiger partial charge in [0.25, 0.3) is 0 Å². The van der Waals surface area contributed by atoms with Gasteiger partial charge < -0.3 is 9.84 Å². The second kappa shape index (κ2) is 1.50. The lowest BCUT2D eigenvalue weighted by Crippen LogP contribution is -2.32. The van der Waals surface area contributed by atoms with Gasteiger partial charge >= 0.3 is 0 Å². The van der Waals surface area contributed by atoms with Gasteiger partial charge in [0.15, 0.2) is 0 Å². The second-order valence-corrected chi connectivity index (χ2v) is 3.24. The Kier molecular flexibility index (Phi) is 0.945. The first-order chi connectivity index (χ1) is 4.23. The molecule has 9 heavy (non-hydrogen) atoms. The van der Waals surface area contributed by atoms with Crippen LogP contribution in [0.15, 0.2) is 0 Å². The van der Waals surface area contributed by atoms with Crippen molar-refractivity contribution >= 4 is 0 Å². The summed E-state index contributed by atoms with van der Waals surface area (Å²) in [5.41, 5.74) is -0.141. The predicted octanol–water partition coefficient (Wildman–Crippen LogP) is 0.689. The van der Waals surface area contributed by atoms with Crippen LogP contribution in [0.4, 0.5) is 0 Å². The molecule has 2 aliphatic rings. The average Bonchev–Trinajstić information content (AvgIpc) is 2.44. The van der Waals surface area contributed by atoms with Gasteiger partial charge in [-0.1, -0.05) is 0 Å². The molecule has 3 atom stereocenters. The summed E-state index contributed by atoms with van der Waals surface area (Å²) >= 11 is 0. The number of ether oxygens (including phenoxy) is 1. The van der Waals surface area contributed by atoms with Crippen molar-refractivity contribution in [3.8, 4) is 0 Å². The molecule has 2 nitrogen and oxygen atoms in total. The SMILES string of the molecule is C[C@@]12O[C@@H]1CCC[C@@H]2O. The summed E-state index contributed by atoms with van der Waals surface area (Å²) in [4.78, 5) is 0. The molecular formula is C7H12O2. The summed E-state index contributed by atoms with van der Waals surface area (Å²) in [6.07, 6.45) is 3.37. The van der Waals surface area contributed by atoms with Gasteiger partial charge in [0.2, 0.25) is 0 Å². The van der Waals surface area contributed by atoms with E-state index < -0.39 is 0 Å². The number of aliphatic hydroxyl groups excluding tert-OH is 1. The van der Waals surface area contributed by atoms with Crippen molar-refractivity contribution < 1.29 is 9.84 Å². The third kappa shape index (κ3) is 0.634. The maximum absolute atomic E-state index is 9.35. The van der Waals surface area contributed by atoms with E-state index in [1.54, 1.807) is 0 Å². The van der Waals surface area contributed by atoms with E-state index in [-0.39, 0.29) is 11.7 Å². The van der Waals surface area contributed by atoms with E-state index >= 15 is 0 Å². The Morgan fingerprint density at radius 3 is 2.89 bits per heavy atom. The molecule has 0 unspecified atom stereocenters. The molecule has 0 bridgehead atoms. The van der Waals surface area contributed by atoms with E-state index in [2.05, 4.69) is 0 Å². The highest BCUT2D eigenvalue weighted by Gasteiger charge is 2.58. The minimum atomic E-state index is -0.198. The van der Waals surface area contributed by atoms with E-state index in [1.165, 1.54) is 0 Å². The fourth-order valence-corrected chi connectivity index (χ4v) is 1.69. The van der Waals surface area contributed by atoms with Crippen LogP contribution < -0.4 is 0 Å². The normalized spacial score (nSPS) is 56.7. The van der Waals surface area contributed by atoms with Crippen LogP contribution in [0.5, 0.6) is 0 Å². The lowest BCUT2D eigenvalue weighted by atomic mass is 9.88. The number of rotatable bonds is 0. The molecule has 1 aliphatic carbocycles. The van der Waals surface area contributed by atoms with Crippen LogP contribution >= 0.6 is 0 Å². The van der Waals surface area contributed by atoms with Crippen molar-refractivity contribution in [2.75, 3.05) is 0 Å². The van der Waals surface area contributed by atoms with Crippen molar-refractivity contribution in [3.63, 3.8) is 0 Å². The highest BCUT2D eigenvalue weighted by molar-refractivity contribution is 5.06. The van der Waals surface area contributed by atoms with Crippen LogP contribution in [0.2, 0.25) is 0 Å². The van der Waals surface area contributed by atoms with E-state index in [1.807, 2.05) is 6.92 Å². The monoisotopic (exact) mass is 128 g/mol. The fourth-order valence-electron chi connectivity index (χ4n) is 1.69. The van der Waals surface area contributed by atoms with Gasteiger partial charge in [-0.05, 0) is 26.2 Å². The summed E-state index contributed by atoms with van der Waals surface area (Å²) in [5, 5.41) is 9.35. The molecule has 2 rings (SSSR count). The van der Waals surface area contributed by atoms with Crippen LogP contribution in [0.3, 0.4) is 0 Å². The molecule has 0 aromatic rings. The third-order valence-electron chi connectivity index (χ3n) is 2.58. The van der Waals surface area contributed by atoms with Crippen LogP contribution in [0.1, 0.15) is 26.2 Å². The standard InChI is InChI=1S/C7H12O2/c1-7-5(8)3-2-4-6(7)9-7/h5-6,8H,2-4H2,1H3/t5-,6+,7-/m0/s1. The Morgan fingerprint density at radius 1 is 1.56 bits per heavy atom. The first-order valence-corrected chi connectivity index (χ1v) is 3.59. The van der Waals surface area contributed by atoms with Gasteiger partial charge in [0.1, 0.15) is 5.60 Å². The largest absolute Gasteiger partial charge is 0.390 e. The van der Waals surface area contributed by atoms with Gasteiger partial charge in [0, 0.05) is 0 Å². The Hall–Kier alpha value is -0.0800. The second-order valence-electron chi connectivity index (χ2n) is 3.24. The van der Waals surface area contributed by atoms with E-state index in [4.69, 9.17) is 4.74 Å². The summed E-state index contributed by atoms with van der Waals surface area (Å²) in [5.74, 6) is 0. The maximum Gasteiger partial charge on any atom is 0.118 e. The van der Waals surface area contributed by atoms with E-state index in [9.17, 15) is 5.11 Å². The van der Waals surface area contributed by atoms with Gasteiger partial charge in [-0.25, -0.2) is 0 Å². The minimum absolute atomic E-state index is 0.141. The Bertz CT molecular complexity index is 135.